The largest absolute Gasteiger partial charge is 0.354 e. The molecule has 0 saturated carbocycles. The topological polar surface area (TPSA) is 75.2 Å². The predicted octanol–water partition coefficient (Wildman–Crippen LogP) is 1.15. The van der Waals surface area contributed by atoms with Crippen LogP contribution in [0.25, 0.3) is 11.0 Å². The first-order valence-corrected chi connectivity index (χ1v) is 8.84. The summed E-state index contributed by atoms with van der Waals surface area (Å²) in [5, 5.41) is 0. The number of anilines is 1. The van der Waals surface area contributed by atoms with Crippen molar-refractivity contribution in [1.29, 1.82) is 0 Å². The van der Waals surface area contributed by atoms with E-state index in [1.54, 1.807) is 6.20 Å². The molecule has 7 heteroatoms. The van der Waals surface area contributed by atoms with Crippen molar-refractivity contribution in [3.63, 3.8) is 0 Å². The SMILES string of the molecule is CS(=O)(=O)NC1CCCN(c2cnc3ccccc3n2)C1. The number of fused-ring (bicyclic) bond motifs is 1. The number of hydrogen-bond donors (Lipinski definition) is 1. The van der Waals surface area contributed by atoms with Crippen molar-refractivity contribution in [1.82, 2.24) is 14.7 Å². The van der Waals surface area contributed by atoms with Crippen molar-refractivity contribution in [2.24, 2.45) is 0 Å². The molecule has 1 fully saturated rings. The van der Waals surface area contributed by atoms with Gasteiger partial charge < -0.3 is 4.90 Å². The van der Waals surface area contributed by atoms with Crippen LogP contribution in [0, 0.1) is 0 Å². The van der Waals surface area contributed by atoms with Gasteiger partial charge in [-0.3, -0.25) is 4.98 Å². The molecule has 2 heterocycles. The second-order valence-corrected chi connectivity index (χ2v) is 7.17. The van der Waals surface area contributed by atoms with Crippen molar-refractivity contribution < 1.29 is 8.42 Å². The third-order valence-corrected chi connectivity index (χ3v) is 4.32. The highest BCUT2D eigenvalue weighted by Gasteiger charge is 2.23. The van der Waals surface area contributed by atoms with Gasteiger partial charge in [0.05, 0.1) is 23.5 Å². The molecule has 21 heavy (non-hydrogen) atoms. The Kier molecular flexibility index (Phi) is 3.77. The Morgan fingerprint density at radius 2 is 2.05 bits per heavy atom. The number of rotatable bonds is 3. The number of benzene rings is 1. The summed E-state index contributed by atoms with van der Waals surface area (Å²) in [4.78, 5) is 11.1. The fourth-order valence-electron chi connectivity index (χ4n) is 2.68. The molecule has 0 amide bonds. The monoisotopic (exact) mass is 306 g/mol. The molecule has 1 aromatic carbocycles. The number of hydrogen-bond acceptors (Lipinski definition) is 5. The van der Waals surface area contributed by atoms with E-state index in [1.165, 1.54) is 6.26 Å². The lowest BCUT2D eigenvalue weighted by Gasteiger charge is -2.33. The summed E-state index contributed by atoms with van der Waals surface area (Å²) in [5.41, 5.74) is 1.72. The first-order chi connectivity index (χ1) is 10.0. The molecular weight excluding hydrogens is 288 g/mol. The number of aromatic nitrogens is 2. The van der Waals surface area contributed by atoms with Crippen LogP contribution < -0.4 is 9.62 Å². The average Bonchev–Trinajstić information content (AvgIpc) is 2.45. The third kappa shape index (κ3) is 3.48. The number of para-hydroxylation sites is 2. The van der Waals surface area contributed by atoms with Gasteiger partial charge in [-0.05, 0) is 25.0 Å². The maximum Gasteiger partial charge on any atom is 0.209 e. The number of piperidine rings is 1. The van der Waals surface area contributed by atoms with E-state index in [0.717, 1.165) is 36.2 Å². The summed E-state index contributed by atoms with van der Waals surface area (Å²) in [6, 6.07) is 7.66. The zero-order valence-corrected chi connectivity index (χ0v) is 12.7. The molecule has 112 valence electrons. The second kappa shape index (κ2) is 5.57. The Morgan fingerprint density at radius 1 is 1.29 bits per heavy atom. The van der Waals surface area contributed by atoms with Crippen LogP contribution in [0.2, 0.25) is 0 Å². The second-order valence-electron chi connectivity index (χ2n) is 5.39. The highest BCUT2D eigenvalue weighted by molar-refractivity contribution is 7.88. The van der Waals surface area contributed by atoms with Gasteiger partial charge in [0.25, 0.3) is 0 Å². The van der Waals surface area contributed by atoms with E-state index in [9.17, 15) is 8.42 Å². The van der Waals surface area contributed by atoms with Gasteiger partial charge >= 0.3 is 0 Å². The minimum Gasteiger partial charge on any atom is -0.354 e. The molecule has 1 aliphatic heterocycles. The lowest BCUT2D eigenvalue weighted by molar-refractivity contribution is 0.465. The molecule has 0 spiro atoms. The molecule has 3 rings (SSSR count). The van der Waals surface area contributed by atoms with Crippen LogP contribution in [0.3, 0.4) is 0 Å². The molecule has 1 unspecified atom stereocenters. The fraction of sp³-hybridized carbons (Fsp3) is 0.429. The Hall–Kier alpha value is -1.73. The summed E-state index contributed by atoms with van der Waals surface area (Å²) in [6.07, 6.45) is 4.74. The van der Waals surface area contributed by atoms with Crippen molar-refractivity contribution >= 4 is 26.9 Å². The molecule has 6 nitrogen and oxygen atoms in total. The van der Waals surface area contributed by atoms with Gasteiger partial charge in [-0.15, -0.1) is 0 Å². The smallest absolute Gasteiger partial charge is 0.209 e. The molecular formula is C14H18N4O2S. The maximum atomic E-state index is 11.4. The van der Waals surface area contributed by atoms with Crippen molar-refractivity contribution in [2.45, 2.75) is 18.9 Å². The van der Waals surface area contributed by atoms with Crippen LogP contribution in [0.5, 0.6) is 0 Å². The van der Waals surface area contributed by atoms with E-state index < -0.39 is 10.0 Å². The average molecular weight is 306 g/mol. The zero-order chi connectivity index (χ0) is 14.9. The number of nitrogens with zero attached hydrogens (tertiary/aromatic N) is 3. The minimum atomic E-state index is -3.18. The summed E-state index contributed by atoms with van der Waals surface area (Å²) >= 11 is 0. The molecule has 1 aromatic heterocycles. The van der Waals surface area contributed by atoms with Crippen LogP contribution >= 0.6 is 0 Å². The molecule has 2 aromatic rings. The van der Waals surface area contributed by atoms with Crippen molar-refractivity contribution in [3.8, 4) is 0 Å². The van der Waals surface area contributed by atoms with E-state index >= 15 is 0 Å². The first-order valence-electron chi connectivity index (χ1n) is 6.95. The summed E-state index contributed by atoms with van der Waals surface area (Å²) < 4.78 is 25.4. The normalized spacial score (nSPS) is 19.9. The third-order valence-electron chi connectivity index (χ3n) is 3.56. The number of sulfonamides is 1. The Labute approximate surface area is 124 Å². The minimum absolute atomic E-state index is 0.0676. The van der Waals surface area contributed by atoms with Gasteiger partial charge in [0.15, 0.2) is 0 Å². The van der Waals surface area contributed by atoms with Gasteiger partial charge in [-0.1, -0.05) is 12.1 Å². The van der Waals surface area contributed by atoms with E-state index in [-0.39, 0.29) is 6.04 Å². The summed E-state index contributed by atoms with van der Waals surface area (Å²) in [5.74, 6) is 0.800. The predicted molar refractivity (Wildman–Crippen MR) is 82.8 cm³/mol. The Morgan fingerprint density at radius 3 is 2.81 bits per heavy atom. The van der Waals surface area contributed by atoms with Crippen molar-refractivity contribution in [3.05, 3.63) is 30.5 Å². The van der Waals surface area contributed by atoms with Crippen LogP contribution in [-0.4, -0.2) is 43.8 Å². The van der Waals surface area contributed by atoms with E-state index in [1.807, 2.05) is 24.3 Å². The maximum absolute atomic E-state index is 11.4. The molecule has 1 N–H and O–H groups in total. The highest BCUT2D eigenvalue weighted by atomic mass is 32.2. The summed E-state index contributed by atoms with van der Waals surface area (Å²) in [7, 11) is -3.18. The van der Waals surface area contributed by atoms with E-state index in [0.29, 0.717) is 6.54 Å². The zero-order valence-electron chi connectivity index (χ0n) is 11.9. The Bertz CT molecular complexity index is 747. The lowest BCUT2D eigenvalue weighted by Crippen LogP contribution is -2.47. The van der Waals surface area contributed by atoms with Gasteiger partial charge in [-0.25, -0.2) is 18.1 Å². The molecule has 1 saturated heterocycles. The molecule has 1 atom stereocenters. The van der Waals surface area contributed by atoms with Gasteiger partial charge in [-0.2, -0.15) is 0 Å². The van der Waals surface area contributed by atoms with Gasteiger partial charge in [0, 0.05) is 19.1 Å². The fourth-order valence-corrected chi connectivity index (χ4v) is 3.48. The molecule has 1 aliphatic rings. The van der Waals surface area contributed by atoms with Gasteiger partial charge in [0.2, 0.25) is 10.0 Å². The first kappa shape index (κ1) is 14.2. The lowest BCUT2D eigenvalue weighted by atomic mass is 10.1. The molecule has 0 radical (unpaired) electrons. The van der Waals surface area contributed by atoms with Crippen LogP contribution in [-0.2, 0) is 10.0 Å². The number of nitrogens with one attached hydrogen (secondary N) is 1. The van der Waals surface area contributed by atoms with Crippen molar-refractivity contribution in [2.75, 3.05) is 24.2 Å². The van der Waals surface area contributed by atoms with Crippen LogP contribution in [0.4, 0.5) is 5.82 Å². The highest BCUT2D eigenvalue weighted by Crippen LogP contribution is 2.20. The van der Waals surface area contributed by atoms with Gasteiger partial charge in [0.1, 0.15) is 5.82 Å². The summed E-state index contributed by atoms with van der Waals surface area (Å²) in [6.45, 7) is 1.50. The standard InChI is InChI=1S/C14H18N4O2S/c1-21(19,20)17-11-5-4-8-18(10-11)14-9-15-12-6-2-3-7-13(12)16-14/h2-3,6-7,9,11,17H,4-5,8,10H2,1H3. The van der Waals surface area contributed by atoms with E-state index in [2.05, 4.69) is 19.6 Å². The molecule has 0 aliphatic carbocycles. The van der Waals surface area contributed by atoms with Crippen LogP contribution in [0.1, 0.15) is 12.8 Å². The Balaban J connectivity index is 1.81. The van der Waals surface area contributed by atoms with Crippen LogP contribution in [0.15, 0.2) is 30.5 Å². The quantitative estimate of drug-likeness (QED) is 0.920. The van der Waals surface area contributed by atoms with E-state index in [4.69, 9.17) is 0 Å². The molecule has 0 bridgehead atoms.